The minimum Gasteiger partial charge on any atom is -0.350 e. The van der Waals surface area contributed by atoms with E-state index in [-0.39, 0.29) is 11.9 Å². The molecule has 0 unspecified atom stereocenters. The molecule has 1 rings (SSSR count). The lowest BCUT2D eigenvalue weighted by Gasteiger charge is -2.02. The van der Waals surface area contributed by atoms with Gasteiger partial charge < -0.3 is 5.32 Å². The highest BCUT2D eigenvalue weighted by Gasteiger charge is 1.93. The molecule has 0 saturated heterocycles. The van der Waals surface area contributed by atoms with Crippen LogP contribution in [0.15, 0.2) is 49.6 Å². The number of hydrogen-bond donors (Lipinski definition) is 1. The van der Waals surface area contributed by atoms with Crippen molar-refractivity contribution in [3.63, 3.8) is 0 Å². The Morgan fingerprint density at radius 1 is 1.25 bits per heavy atom. The van der Waals surface area contributed by atoms with E-state index >= 15 is 0 Å². The molecule has 0 atom stereocenters. The minimum absolute atomic E-state index is 0.111. The SMILES string of the molecule is C=CC(=O)NC(C)C.C=Cc1ccccc1. The minimum atomic E-state index is -0.111. The van der Waals surface area contributed by atoms with E-state index in [1.54, 1.807) is 0 Å². The fourth-order valence-corrected chi connectivity index (χ4v) is 0.933. The zero-order chi connectivity index (χ0) is 12.4. The molecule has 1 amide bonds. The lowest BCUT2D eigenvalue weighted by molar-refractivity contribution is -0.116. The van der Waals surface area contributed by atoms with Crippen molar-refractivity contribution in [1.82, 2.24) is 5.32 Å². The highest BCUT2D eigenvalue weighted by Crippen LogP contribution is 1.97. The number of rotatable bonds is 3. The molecule has 0 saturated carbocycles. The van der Waals surface area contributed by atoms with Crippen LogP contribution >= 0.6 is 0 Å². The molecule has 0 bridgehead atoms. The fourth-order valence-electron chi connectivity index (χ4n) is 0.933. The average molecular weight is 217 g/mol. The Hall–Kier alpha value is -1.83. The third-order valence-corrected chi connectivity index (χ3v) is 1.65. The molecule has 1 aromatic carbocycles. The maximum atomic E-state index is 10.4. The van der Waals surface area contributed by atoms with Crippen molar-refractivity contribution in [2.75, 3.05) is 0 Å². The van der Waals surface area contributed by atoms with Gasteiger partial charge >= 0.3 is 0 Å². The standard InChI is InChI=1S/C8H8.C6H11NO/c1-2-8-6-4-3-5-7-8;1-4-6(8)7-5(2)3/h2-7H,1H2;4-5H,1H2,2-3H3,(H,7,8). The number of carbonyl (C=O) groups excluding carboxylic acids is 1. The Bertz CT molecular complexity index is 328. The molecule has 86 valence electrons. The number of amides is 1. The van der Waals surface area contributed by atoms with Crippen LogP contribution in [0.3, 0.4) is 0 Å². The van der Waals surface area contributed by atoms with Gasteiger partial charge in [0, 0.05) is 6.04 Å². The normalized spacial score (nSPS) is 8.69. The summed E-state index contributed by atoms with van der Waals surface area (Å²) in [6.45, 7) is 10.7. The van der Waals surface area contributed by atoms with Crippen LogP contribution in [0.1, 0.15) is 19.4 Å². The van der Waals surface area contributed by atoms with Crippen molar-refractivity contribution in [3.05, 3.63) is 55.1 Å². The van der Waals surface area contributed by atoms with Gasteiger partial charge in [-0.1, -0.05) is 49.6 Å². The van der Waals surface area contributed by atoms with Gasteiger partial charge in [0.05, 0.1) is 0 Å². The van der Waals surface area contributed by atoms with Gasteiger partial charge in [-0.2, -0.15) is 0 Å². The predicted octanol–water partition coefficient (Wildman–Crippen LogP) is 3.03. The molecular weight excluding hydrogens is 198 g/mol. The highest BCUT2D eigenvalue weighted by atomic mass is 16.1. The summed E-state index contributed by atoms with van der Waals surface area (Å²) >= 11 is 0. The molecule has 0 radical (unpaired) electrons. The van der Waals surface area contributed by atoms with Crippen LogP contribution in [0.2, 0.25) is 0 Å². The molecule has 16 heavy (non-hydrogen) atoms. The average Bonchev–Trinajstić information content (AvgIpc) is 2.30. The second-order valence-electron chi connectivity index (χ2n) is 3.48. The first-order valence-electron chi connectivity index (χ1n) is 5.20. The number of carbonyl (C=O) groups is 1. The molecule has 2 heteroatoms. The molecular formula is C14H19NO. The first-order chi connectivity index (χ1) is 7.60. The molecule has 0 aliphatic carbocycles. The van der Waals surface area contributed by atoms with E-state index in [2.05, 4.69) is 18.5 Å². The van der Waals surface area contributed by atoms with Crippen LogP contribution in [0.25, 0.3) is 6.08 Å². The van der Waals surface area contributed by atoms with Crippen molar-refractivity contribution >= 4 is 12.0 Å². The summed E-state index contributed by atoms with van der Waals surface area (Å²) in [7, 11) is 0. The number of benzene rings is 1. The van der Waals surface area contributed by atoms with E-state index in [0.29, 0.717) is 0 Å². The molecule has 0 aromatic heterocycles. The van der Waals surface area contributed by atoms with Crippen molar-refractivity contribution in [3.8, 4) is 0 Å². The zero-order valence-corrected chi connectivity index (χ0v) is 9.94. The summed E-state index contributed by atoms with van der Waals surface area (Å²) in [5.74, 6) is -0.111. The largest absolute Gasteiger partial charge is 0.350 e. The summed E-state index contributed by atoms with van der Waals surface area (Å²) < 4.78 is 0. The van der Waals surface area contributed by atoms with Crippen LogP contribution in [-0.4, -0.2) is 11.9 Å². The van der Waals surface area contributed by atoms with E-state index in [1.807, 2.05) is 50.3 Å². The predicted molar refractivity (Wildman–Crippen MR) is 70.0 cm³/mol. The zero-order valence-electron chi connectivity index (χ0n) is 9.94. The molecule has 0 aliphatic rings. The summed E-state index contributed by atoms with van der Waals surface area (Å²) in [5, 5.41) is 2.64. The maximum absolute atomic E-state index is 10.4. The lowest BCUT2D eigenvalue weighted by Crippen LogP contribution is -2.27. The number of hydrogen-bond acceptors (Lipinski definition) is 1. The van der Waals surface area contributed by atoms with Crippen molar-refractivity contribution in [1.29, 1.82) is 0 Å². The first-order valence-corrected chi connectivity index (χ1v) is 5.20. The van der Waals surface area contributed by atoms with Crippen LogP contribution in [0.4, 0.5) is 0 Å². The van der Waals surface area contributed by atoms with Crippen molar-refractivity contribution < 1.29 is 4.79 Å². The van der Waals surface area contributed by atoms with Crippen LogP contribution in [0.5, 0.6) is 0 Å². The molecule has 1 N–H and O–H groups in total. The Kier molecular flexibility index (Phi) is 7.51. The smallest absolute Gasteiger partial charge is 0.243 e. The van der Waals surface area contributed by atoms with E-state index in [0.717, 1.165) is 0 Å². The fraction of sp³-hybridized carbons (Fsp3) is 0.214. The van der Waals surface area contributed by atoms with Gasteiger partial charge in [0.1, 0.15) is 0 Å². The Morgan fingerprint density at radius 3 is 2.06 bits per heavy atom. The van der Waals surface area contributed by atoms with Crippen molar-refractivity contribution in [2.24, 2.45) is 0 Å². The first kappa shape index (κ1) is 14.2. The molecule has 0 heterocycles. The van der Waals surface area contributed by atoms with Crippen LogP contribution in [0, 0.1) is 0 Å². The number of nitrogens with one attached hydrogen (secondary N) is 1. The van der Waals surface area contributed by atoms with Gasteiger partial charge in [0.2, 0.25) is 5.91 Å². The second-order valence-corrected chi connectivity index (χ2v) is 3.48. The lowest BCUT2D eigenvalue weighted by atomic mass is 10.2. The molecule has 2 nitrogen and oxygen atoms in total. The maximum Gasteiger partial charge on any atom is 0.243 e. The quantitative estimate of drug-likeness (QED) is 0.775. The Balaban J connectivity index is 0.000000281. The van der Waals surface area contributed by atoms with Crippen LogP contribution in [-0.2, 0) is 4.79 Å². The summed E-state index contributed by atoms with van der Waals surface area (Å²) in [6.07, 6.45) is 3.10. The van der Waals surface area contributed by atoms with Gasteiger partial charge in [0.25, 0.3) is 0 Å². The molecule has 0 spiro atoms. The van der Waals surface area contributed by atoms with E-state index < -0.39 is 0 Å². The molecule has 0 aliphatic heterocycles. The van der Waals surface area contributed by atoms with Gasteiger partial charge in [-0.25, -0.2) is 0 Å². The summed E-state index contributed by atoms with van der Waals surface area (Å²) in [6, 6.07) is 10.2. The van der Waals surface area contributed by atoms with Gasteiger partial charge in [-0.05, 0) is 25.5 Å². The van der Waals surface area contributed by atoms with E-state index in [4.69, 9.17) is 0 Å². The van der Waals surface area contributed by atoms with Gasteiger partial charge in [-0.15, -0.1) is 0 Å². The van der Waals surface area contributed by atoms with Crippen LogP contribution < -0.4 is 5.32 Å². The van der Waals surface area contributed by atoms with E-state index in [1.165, 1.54) is 11.6 Å². The van der Waals surface area contributed by atoms with Gasteiger partial charge in [0.15, 0.2) is 0 Å². The Morgan fingerprint density at radius 2 is 1.81 bits per heavy atom. The van der Waals surface area contributed by atoms with Crippen molar-refractivity contribution in [2.45, 2.75) is 19.9 Å². The third-order valence-electron chi connectivity index (χ3n) is 1.65. The molecule has 0 fully saturated rings. The van der Waals surface area contributed by atoms with Gasteiger partial charge in [-0.3, -0.25) is 4.79 Å². The Labute approximate surface area is 97.7 Å². The highest BCUT2D eigenvalue weighted by molar-refractivity contribution is 5.86. The third kappa shape index (κ3) is 7.56. The molecule has 1 aromatic rings. The topological polar surface area (TPSA) is 29.1 Å². The second kappa shape index (κ2) is 8.48. The van der Waals surface area contributed by atoms with E-state index in [9.17, 15) is 4.79 Å². The monoisotopic (exact) mass is 217 g/mol. The summed E-state index contributed by atoms with van der Waals surface area (Å²) in [4.78, 5) is 10.4. The summed E-state index contributed by atoms with van der Waals surface area (Å²) in [5.41, 5.74) is 1.17.